The number of hydrogen-bond acceptors (Lipinski definition) is 7. The number of rotatable bonds is 9. The van der Waals surface area contributed by atoms with Gasteiger partial charge in [0.15, 0.2) is 0 Å². The molecule has 3 aromatic rings. The Morgan fingerprint density at radius 3 is 2.94 bits per heavy atom. The quantitative estimate of drug-likeness (QED) is 0.425. The molecule has 184 valence electrons. The van der Waals surface area contributed by atoms with E-state index in [9.17, 15) is 10.1 Å². The summed E-state index contributed by atoms with van der Waals surface area (Å²) in [6.07, 6.45) is 7.23. The number of pyridine rings is 1. The number of likely N-dealkylation sites (N-methyl/N-ethyl adjacent to an activating group) is 1. The Hall–Kier alpha value is -4.19. The van der Waals surface area contributed by atoms with E-state index in [2.05, 4.69) is 28.3 Å². The summed E-state index contributed by atoms with van der Waals surface area (Å²) in [6, 6.07) is 13.5. The number of benzene rings is 2. The minimum atomic E-state index is -0.277. The molecule has 1 saturated heterocycles. The maximum Gasteiger partial charge on any atom is 0.248 e. The normalized spacial score (nSPS) is 15.2. The summed E-state index contributed by atoms with van der Waals surface area (Å²) in [5, 5.41) is 16.8. The van der Waals surface area contributed by atoms with E-state index in [1.165, 1.54) is 12.3 Å². The van der Waals surface area contributed by atoms with E-state index in [0.29, 0.717) is 53.3 Å². The third-order valence-corrected chi connectivity index (χ3v) is 5.66. The van der Waals surface area contributed by atoms with Crippen LogP contribution in [0.15, 0.2) is 61.3 Å². The zero-order valence-electron chi connectivity index (χ0n) is 20.5. The number of ether oxygens (including phenoxy) is 2. The Balaban J connectivity index is 1.77. The van der Waals surface area contributed by atoms with Crippen molar-refractivity contribution in [2.45, 2.75) is 12.5 Å². The highest BCUT2D eigenvalue weighted by atomic mass is 16.5. The first-order chi connectivity index (χ1) is 17.5. The van der Waals surface area contributed by atoms with Crippen molar-refractivity contribution in [3.63, 3.8) is 0 Å². The lowest BCUT2D eigenvalue weighted by molar-refractivity contribution is -0.111. The molecule has 0 aliphatic carbocycles. The highest BCUT2D eigenvalue weighted by Crippen LogP contribution is 2.37. The summed E-state index contributed by atoms with van der Waals surface area (Å²) in [7, 11) is 3.86. The van der Waals surface area contributed by atoms with Gasteiger partial charge < -0.3 is 25.0 Å². The molecule has 0 bridgehead atoms. The fourth-order valence-electron chi connectivity index (χ4n) is 3.85. The van der Waals surface area contributed by atoms with Gasteiger partial charge in [0.1, 0.15) is 17.9 Å². The van der Waals surface area contributed by atoms with Crippen LogP contribution in [0.2, 0.25) is 0 Å². The summed E-state index contributed by atoms with van der Waals surface area (Å²) in [5.41, 5.74) is 3.85. The van der Waals surface area contributed by atoms with Crippen LogP contribution in [0, 0.1) is 11.3 Å². The summed E-state index contributed by atoms with van der Waals surface area (Å²) >= 11 is 0. The van der Waals surface area contributed by atoms with Crippen molar-refractivity contribution in [3.8, 4) is 11.8 Å². The number of carbonyl (C=O) groups excluding carboxylic acids is 1. The number of nitrogens with zero attached hydrogens (tertiary/aromatic N) is 3. The molecule has 36 heavy (non-hydrogen) atoms. The number of hydrogen-bond donors (Lipinski definition) is 2. The monoisotopic (exact) mass is 483 g/mol. The van der Waals surface area contributed by atoms with Crippen molar-refractivity contribution >= 4 is 39.9 Å². The van der Waals surface area contributed by atoms with Crippen molar-refractivity contribution in [3.05, 3.63) is 72.5 Å². The Bertz CT molecular complexity index is 1340. The smallest absolute Gasteiger partial charge is 0.248 e. The fourth-order valence-corrected chi connectivity index (χ4v) is 3.85. The zero-order valence-corrected chi connectivity index (χ0v) is 20.5. The molecule has 1 atom stereocenters. The fraction of sp³-hybridized carbons (Fsp3) is 0.250. The lowest BCUT2D eigenvalue weighted by Crippen LogP contribution is -2.18. The van der Waals surface area contributed by atoms with Crippen LogP contribution in [-0.2, 0) is 9.53 Å². The highest BCUT2D eigenvalue weighted by Gasteiger charge is 2.21. The van der Waals surface area contributed by atoms with E-state index < -0.39 is 0 Å². The summed E-state index contributed by atoms with van der Waals surface area (Å²) in [6.45, 7) is 5.58. The van der Waals surface area contributed by atoms with Crippen LogP contribution in [0.5, 0.6) is 5.75 Å². The molecule has 2 N–H and O–H groups in total. The predicted octanol–water partition coefficient (Wildman–Crippen LogP) is 4.72. The average molecular weight is 484 g/mol. The highest BCUT2D eigenvalue weighted by molar-refractivity contribution is 6.04. The van der Waals surface area contributed by atoms with Crippen LogP contribution < -0.4 is 15.4 Å². The lowest BCUT2D eigenvalue weighted by Gasteiger charge is -2.18. The Kier molecular flexibility index (Phi) is 7.95. The van der Waals surface area contributed by atoms with Crippen molar-refractivity contribution in [1.29, 1.82) is 5.26 Å². The average Bonchev–Trinajstić information content (AvgIpc) is 3.38. The first-order valence-corrected chi connectivity index (χ1v) is 11.7. The van der Waals surface area contributed by atoms with Gasteiger partial charge in [0.25, 0.3) is 0 Å². The van der Waals surface area contributed by atoms with Gasteiger partial charge in [-0.15, -0.1) is 0 Å². The first kappa shape index (κ1) is 24.9. The summed E-state index contributed by atoms with van der Waals surface area (Å²) in [5.74, 6) is 0.227. The number of fused-ring (bicyclic) bond motifs is 1. The molecule has 8 nitrogen and oxygen atoms in total. The van der Waals surface area contributed by atoms with Crippen LogP contribution >= 0.6 is 0 Å². The molecule has 0 unspecified atom stereocenters. The van der Waals surface area contributed by atoms with E-state index in [0.717, 1.165) is 17.7 Å². The van der Waals surface area contributed by atoms with Gasteiger partial charge in [-0.1, -0.05) is 30.9 Å². The molecule has 0 saturated carbocycles. The van der Waals surface area contributed by atoms with E-state index in [1.807, 2.05) is 43.3 Å². The van der Waals surface area contributed by atoms with Crippen LogP contribution in [0.25, 0.3) is 17.0 Å². The van der Waals surface area contributed by atoms with Crippen LogP contribution in [0.1, 0.15) is 17.5 Å². The van der Waals surface area contributed by atoms with Gasteiger partial charge in [-0.25, -0.2) is 0 Å². The first-order valence-electron chi connectivity index (χ1n) is 11.7. The van der Waals surface area contributed by atoms with Gasteiger partial charge >= 0.3 is 0 Å². The topological polar surface area (TPSA) is 99.5 Å². The molecule has 1 aliphatic heterocycles. The molecule has 4 rings (SSSR count). The molecule has 1 aliphatic rings. The number of nitrogens with one attached hydrogen (secondary N) is 2. The Morgan fingerprint density at radius 1 is 1.36 bits per heavy atom. The molecule has 0 radical (unpaired) electrons. The maximum atomic E-state index is 12.7. The van der Waals surface area contributed by atoms with Gasteiger partial charge in [0.2, 0.25) is 5.91 Å². The largest absolute Gasteiger partial charge is 0.486 e. The van der Waals surface area contributed by atoms with Crippen molar-refractivity contribution in [2.75, 3.05) is 44.5 Å². The van der Waals surface area contributed by atoms with E-state index in [1.54, 1.807) is 24.3 Å². The third-order valence-electron chi connectivity index (χ3n) is 5.66. The second-order valence-corrected chi connectivity index (χ2v) is 8.74. The molecule has 1 aromatic heterocycles. The molecule has 8 heteroatoms. The minimum absolute atomic E-state index is 0.111. The third kappa shape index (κ3) is 6.08. The lowest BCUT2D eigenvalue weighted by atomic mass is 10.1. The minimum Gasteiger partial charge on any atom is -0.486 e. The van der Waals surface area contributed by atoms with Crippen molar-refractivity contribution in [1.82, 2.24) is 9.88 Å². The van der Waals surface area contributed by atoms with Gasteiger partial charge in [0, 0.05) is 42.4 Å². The van der Waals surface area contributed by atoms with Gasteiger partial charge in [0.05, 0.1) is 35.7 Å². The van der Waals surface area contributed by atoms with E-state index in [-0.39, 0.29) is 12.0 Å². The van der Waals surface area contributed by atoms with Crippen molar-refractivity contribution in [2.24, 2.45) is 0 Å². The van der Waals surface area contributed by atoms with Crippen LogP contribution in [0.3, 0.4) is 0 Å². The number of amides is 1. The Morgan fingerprint density at radius 2 is 2.22 bits per heavy atom. The summed E-state index contributed by atoms with van der Waals surface area (Å²) < 4.78 is 11.6. The van der Waals surface area contributed by atoms with Crippen LogP contribution in [-0.4, -0.2) is 55.7 Å². The second-order valence-electron chi connectivity index (χ2n) is 8.74. The zero-order chi connectivity index (χ0) is 25.5. The summed E-state index contributed by atoms with van der Waals surface area (Å²) in [4.78, 5) is 19.2. The number of aromatic nitrogens is 1. The number of nitriles is 1. The molecular formula is C28H29N5O3. The van der Waals surface area contributed by atoms with Gasteiger partial charge in [-0.05, 0) is 37.9 Å². The molecule has 2 heterocycles. The van der Waals surface area contributed by atoms with Crippen LogP contribution in [0.4, 0.5) is 17.1 Å². The second kappa shape index (κ2) is 11.5. The Labute approximate surface area is 210 Å². The molecular weight excluding hydrogens is 454 g/mol. The molecule has 0 spiro atoms. The number of anilines is 3. The molecule has 2 aromatic carbocycles. The molecule has 1 amide bonds. The maximum absolute atomic E-state index is 12.7. The van der Waals surface area contributed by atoms with Gasteiger partial charge in [-0.3, -0.25) is 9.78 Å². The molecule has 1 fully saturated rings. The van der Waals surface area contributed by atoms with Gasteiger partial charge in [-0.2, -0.15) is 5.26 Å². The van der Waals surface area contributed by atoms with Crippen molar-refractivity contribution < 1.29 is 14.3 Å². The number of carbonyl (C=O) groups is 1. The standard InChI is InChI=1S/C28H29N5O3/c1-4-19-7-5-8-21(13-19)31-28-20(16-29)17-30-24-15-26(36-22-10-12-35-18-22)25(14-23(24)28)32-27(34)9-6-11-33(2)3/h4-9,13-15,17,22H,1,10-12,18H2,2-3H3,(H,30,31)(H,32,34)/b9-6+/t22-/m1/s1. The SMILES string of the molecule is C=Cc1cccc(Nc2c(C#N)cnc3cc(O[C@@H]4CCOC4)c(NC(=O)/C=C/CN(C)C)cc23)c1. The predicted molar refractivity (Wildman–Crippen MR) is 142 cm³/mol. The van der Waals surface area contributed by atoms with E-state index in [4.69, 9.17) is 9.47 Å². The van der Waals surface area contributed by atoms with E-state index >= 15 is 0 Å².